The number of halogens is 2. The van der Waals surface area contributed by atoms with Crippen LogP contribution in [0.5, 0.6) is 11.5 Å². The van der Waals surface area contributed by atoms with Crippen LogP contribution in [-0.4, -0.2) is 6.54 Å². The summed E-state index contributed by atoms with van der Waals surface area (Å²) in [6.07, 6.45) is 0.736. The molecule has 0 spiro atoms. The second kappa shape index (κ2) is 6.23. The number of para-hydroxylation sites is 2. The minimum Gasteiger partial charge on any atom is -0.454 e. The molecule has 0 fully saturated rings. The van der Waals surface area contributed by atoms with Gasteiger partial charge in [0.1, 0.15) is 11.5 Å². The largest absolute Gasteiger partial charge is 0.454 e. The van der Waals surface area contributed by atoms with E-state index in [0.29, 0.717) is 17.3 Å². The Hall–Kier alpha value is -1.03. The summed E-state index contributed by atoms with van der Waals surface area (Å²) in [5.41, 5.74) is 6.61. The lowest BCUT2D eigenvalue weighted by Crippen LogP contribution is -2.04. The first kappa shape index (κ1) is 13.4. The summed E-state index contributed by atoms with van der Waals surface area (Å²) in [7, 11) is 0. The molecule has 4 heteroatoms. The Morgan fingerprint density at radius 2 is 1.89 bits per heavy atom. The van der Waals surface area contributed by atoms with Gasteiger partial charge in [0.2, 0.25) is 0 Å². The molecule has 2 aromatic carbocycles. The molecule has 2 nitrogen and oxygen atoms in total. The fraction of sp³-hybridized carbons (Fsp3) is 0.143. The number of hydrogen-bond donors (Lipinski definition) is 1. The van der Waals surface area contributed by atoms with Gasteiger partial charge in [-0.3, -0.25) is 0 Å². The maximum absolute atomic E-state index is 6.19. The molecule has 2 N–H and O–H groups in total. The summed E-state index contributed by atoms with van der Waals surface area (Å²) < 4.78 is 6.78. The van der Waals surface area contributed by atoms with Crippen LogP contribution < -0.4 is 10.5 Å². The summed E-state index contributed by atoms with van der Waals surface area (Å²) in [6.45, 7) is 0.562. The maximum Gasteiger partial charge on any atom is 0.149 e. The molecule has 0 saturated carbocycles. The van der Waals surface area contributed by atoms with E-state index in [1.807, 2.05) is 42.5 Å². The predicted octanol–water partition coefficient (Wildman–Crippen LogP) is 4.40. The van der Waals surface area contributed by atoms with E-state index < -0.39 is 0 Å². The van der Waals surface area contributed by atoms with Crippen LogP contribution in [0.25, 0.3) is 0 Å². The van der Waals surface area contributed by atoms with Gasteiger partial charge in [0.15, 0.2) is 0 Å². The first-order valence-corrected chi connectivity index (χ1v) is 6.79. The second-order valence-corrected chi connectivity index (χ2v) is 5.06. The summed E-state index contributed by atoms with van der Waals surface area (Å²) in [5.74, 6) is 1.42. The average molecular weight is 327 g/mol. The maximum atomic E-state index is 6.19. The highest BCUT2D eigenvalue weighted by atomic mass is 79.9. The molecule has 0 bridgehead atoms. The molecule has 0 atom stereocenters. The summed E-state index contributed by atoms with van der Waals surface area (Å²) in [4.78, 5) is 0. The molecule has 0 aliphatic heterocycles. The molecule has 94 valence electrons. The number of rotatable bonds is 4. The fourth-order valence-electron chi connectivity index (χ4n) is 1.66. The van der Waals surface area contributed by atoms with Gasteiger partial charge >= 0.3 is 0 Å². The molecule has 2 rings (SSSR count). The molecule has 0 radical (unpaired) electrons. The van der Waals surface area contributed by atoms with Crippen LogP contribution in [0.1, 0.15) is 5.56 Å². The second-order valence-electron chi connectivity index (χ2n) is 3.80. The topological polar surface area (TPSA) is 35.2 Å². The quantitative estimate of drug-likeness (QED) is 0.904. The molecule has 0 aliphatic rings. The van der Waals surface area contributed by atoms with Gasteiger partial charge in [-0.25, -0.2) is 0 Å². The van der Waals surface area contributed by atoms with E-state index in [1.54, 1.807) is 0 Å². The standard InChI is InChI=1S/C14H13BrClNO/c15-11-5-1-2-7-13(11)18-14-10(8-9-17)4-3-6-12(14)16/h1-7H,8-9,17H2. The minimum absolute atomic E-state index is 0.562. The van der Waals surface area contributed by atoms with Gasteiger partial charge in [0, 0.05) is 0 Å². The molecule has 0 unspecified atom stereocenters. The fourth-order valence-corrected chi connectivity index (χ4v) is 2.26. The molecule has 0 heterocycles. The van der Waals surface area contributed by atoms with Crippen molar-refractivity contribution in [3.63, 3.8) is 0 Å². The molecule has 2 aromatic rings. The van der Waals surface area contributed by atoms with Gasteiger partial charge in [-0.05, 0) is 52.7 Å². The van der Waals surface area contributed by atoms with Crippen molar-refractivity contribution in [1.29, 1.82) is 0 Å². The van der Waals surface area contributed by atoms with E-state index in [-0.39, 0.29) is 0 Å². The Balaban J connectivity index is 2.36. The van der Waals surface area contributed by atoms with Crippen molar-refractivity contribution in [2.24, 2.45) is 5.73 Å². The van der Waals surface area contributed by atoms with E-state index in [0.717, 1.165) is 22.2 Å². The number of ether oxygens (including phenoxy) is 1. The lowest BCUT2D eigenvalue weighted by Gasteiger charge is -2.13. The molecular weight excluding hydrogens is 314 g/mol. The molecule has 0 aromatic heterocycles. The van der Waals surface area contributed by atoms with Gasteiger partial charge in [-0.1, -0.05) is 35.9 Å². The minimum atomic E-state index is 0.562. The van der Waals surface area contributed by atoms with Crippen LogP contribution in [0.4, 0.5) is 0 Å². The highest BCUT2D eigenvalue weighted by Gasteiger charge is 2.10. The smallest absolute Gasteiger partial charge is 0.149 e. The Morgan fingerprint density at radius 3 is 2.61 bits per heavy atom. The third-order valence-electron chi connectivity index (χ3n) is 2.51. The normalized spacial score (nSPS) is 10.4. The molecule has 0 amide bonds. The van der Waals surface area contributed by atoms with Crippen molar-refractivity contribution in [1.82, 2.24) is 0 Å². The number of hydrogen-bond acceptors (Lipinski definition) is 2. The SMILES string of the molecule is NCCc1cccc(Cl)c1Oc1ccccc1Br. The van der Waals surface area contributed by atoms with Crippen LogP contribution in [0.2, 0.25) is 5.02 Å². The zero-order valence-corrected chi connectivity index (χ0v) is 12.0. The third-order valence-corrected chi connectivity index (χ3v) is 3.46. The Bertz CT molecular complexity index is 545. The monoisotopic (exact) mass is 325 g/mol. The first-order valence-electron chi connectivity index (χ1n) is 5.62. The molecule has 18 heavy (non-hydrogen) atoms. The van der Waals surface area contributed by atoms with Gasteiger partial charge in [-0.15, -0.1) is 0 Å². The zero-order valence-electron chi connectivity index (χ0n) is 9.70. The van der Waals surface area contributed by atoms with Gasteiger partial charge < -0.3 is 10.5 Å². The Labute approximate surface area is 120 Å². The van der Waals surface area contributed by atoms with E-state index in [9.17, 15) is 0 Å². The van der Waals surface area contributed by atoms with Crippen molar-refractivity contribution in [3.8, 4) is 11.5 Å². The molecular formula is C14H13BrClNO. The van der Waals surface area contributed by atoms with Gasteiger partial charge in [0.25, 0.3) is 0 Å². The van der Waals surface area contributed by atoms with Gasteiger partial charge in [0.05, 0.1) is 9.50 Å². The van der Waals surface area contributed by atoms with Crippen molar-refractivity contribution in [2.75, 3.05) is 6.54 Å². The predicted molar refractivity (Wildman–Crippen MR) is 78.4 cm³/mol. The number of nitrogens with two attached hydrogens (primary N) is 1. The van der Waals surface area contributed by atoms with Crippen LogP contribution in [0.15, 0.2) is 46.9 Å². The van der Waals surface area contributed by atoms with E-state index >= 15 is 0 Å². The summed E-state index contributed by atoms with van der Waals surface area (Å²) in [6, 6.07) is 13.4. The lowest BCUT2D eigenvalue weighted by molar-refractivity contribution is 0.473. The van der Waals surface area contributed by atoms with E-state index in [1.165, 1.54) is 0 Å². The number of benzene rings is 2. The third kappa shape index (κ3) is 3.05. The van der Waals surface area contributed by atoms with Crippen LogP contribution in [0, 0.1) is 0 Å². The Kier molecular flexibility index (Phi) is 4.64. The summed E-state index contributed by atoms with van der Waals surface area (Å²) >= 11 is 9.64. The van der Waals surface area contributed by atoms with Crippen LogP contribution >= 0.6 is 27.5 Å². The molecule has 0 saturated heterocycles. The van der Waals surface area contributed by atoms with Crippen LogP contribution in [0.3, 0.4) is 0 Å². The zero-order chi connectivity index (χ0) is 13.0. The van der Waals surface area contributed by atoms with Crippen molar-refractivity contribution in [2.45, 2.75) is 6.42 Å². The van der Waals surface area contributed by atoms with Crippen molar-refractivity contribution in [3.05, 3.63) is 57.5 Å². The average Bonchev–Trinajstić information content (AvgIpc) is 2.36. The van der Waals surface area contributed by atoms with Gasteiger partial charge in [-0.2, -0.15) is 0 Å². The Morgan fingerprint density at radius 1 is 1.11 bits per heavy atom. The van der Waals surface area contributed by atoms with E-state index in [2.05, 4.69) is 15.9 Å². The summed E-state index contributed by atoms with van der Waals surface area (Å²) in [5, 5.41) is 0.594. The van der Waals surface area contributed by atoms with Crippen LogP contribution in [-0.2, 0) is 6.42 Å². The van der Waals surface area contributed by atoms with Crippen molar-refractivity contribution < 1.29 is 4.74 Å². The first-order chi connectivity index (χ1) is 8.72. The van der Waals surface area contributed by atoms with E-state index in [4.69, 9.17) is 22.1 Å². The van der Waals surface area contributed by atoms with Crippen molar-refractivity contribution >= 4 is 27.5 Å². The molecule has 0 aliphatic carbocycles. The lowest BCUT2D eigenvalue weighted by atomic mass is 10.1. The highest BCUT2D eigenvalue weighted by molar-refractivity contribution is 9.10. The highest BCUT2D eigenvalue weighted by Crippen LogP contribution is 2.36.